The molecule has 0 amide bonds. The van der Waals surface area contributed by atoms with Crippen molar-refractivity contribution in [3.05, 3.63) is 46.5 Å². The van der Waals surface area contributed by atoms with Crippen LogP contribution in [0.5, 0.6) is 0 Å². The Kier molecular flexibility index (Phi) is 5.50. The van der Waals surface area contributed by atoms with Gasteiger partial charge in [-0.05, 0) is 42.9 Å². The van der Waals surface area contributed by atoms with Crippen LogP contribution in [0.15, 0.2) is 40.9 Å². The van der Waals surface area contributed by atoms with E-state index in [1.807, 2.05) is 0 Å². The Morgan fingerprint density at radius 1 is 0.952 bits per heavy atom. The van der Waals surface area contributed by atoms with Gasteiger partial charge in [0.2, 0.25) is 0 Å². The minimum Gasteiger partial charge on any atom is -0.301 e. The summed E-state index contributed by atoms with van der Waals surface area (Å²) >= 11 is 3.50. The summed E-state index contributed by atoms with van der Waals surface area (Å²) in [7, 11) is 0. The maximum atomic E-state index is 3.50. The molecule has 1 heterocycles. The van der Waals surface area contributed by atoms with Gasteiger partial charge >= 0.3 is 0 Å². The normalized spacial score (nSPS) is 24.3. The molecule has 1 fully saturated rings. The molecular weight excluding hydrogens is 324 g/mol. The highest BCUT2D eigenvalue weighted by Crippen LogP contribution is 2.20. The first-order valence-electron chi connectivity index (χ1n) is 8.14. The summed E-state index contributed by atoms with van der Waals surface area (Å²) in [6.07, 6.45) is 8.67. The number of piperazine rings is 1. The zero-order chi connectivity index (χ0) is 14.5. The van der Waals surface area contributed by atoms with E-state index in [1.165, 1.54) is 57.5 Å². The lowest BCUT2D eigenvalue weighted by molar-refractivity contribution is 0.111. The van der Waals surface area contributed by atoms with Gasteiger partial charge in [0.15, 0.2) is 0 Å². The summed E-state index contributed by atoms with van der Waals surface area (Å²) < 4.78 is 1.16. The van der Waals surface area contributed by atoms with E-state index < -0.39 is 0 Å². The Bertz CT molecular complexity index is 461. The van der Waals surface area contributed by atoms with Gasteiger partial charge < -0.3 is 4.90 Å². The Morgan fingerprint density at radius 2 is 1.67 bits per heavy atom. The number of benzene rings is 1. The number of allylic oxidation sites excluding steroid dienone is 2. The predicted octanol–water partition coefficient (Wildman–Crippen LogP) is 3.92. The van der Waals surface area contributed by atoms with Crippen molar-refractivity contribution >= 4 is 15.9 Å². The highest BCUT2D eigenvalue weighted by atomic mass is 79.9. The van der Waals surface area contributed by atoms with Crippen LogP contribution in [0.4, 0.5) is 0 Å². The zero-order valence-corrected chi connectivity index (χ0v) is 14.3. The molecule has 1 aliphatic carbocycles. The van der Waals surface area contributed by atoms with Crippen molar-refractivity contribution in [3.8, 4) is 0 Å². The van der Waals surface area contributed by atoms with Gasteiger partial charge in [0, 0.05) is 43.7 Å². The van der Waals surface area contributed by atoms with Gasteiger partial charge in [-0.3, -0.25) is 4.90 Å². The van der Waals surface area contributed by atoms with Crippen molar-refractivity contribution in [3.63, 3.8) is 0 Å². The molecule has 114 valence electrons. The standard InChI is InChI=1S/C18H25BrN2/c19-18-8-6-17(7-9-18)15-21-12-10-20(11-13-21)14-16-4-2-1-3-5-16/h1-2,6-9,16H,3-5,10-15H2/t16-/m0/s1. The minimum atomic E-state index is 0.896. The molecule has 0 unspecified atom stereocenters. The fraction of sp³-hybridized carbons (Fsp3) is 0.556. The van der Waals surface area contributed by atoms with Gasteiger partial charge in [-0.15, -0.1) is 0 Å². The Morgan fingerprint density at radius 3 is 2.33 bits per heavy atom. The summed E-state index contributed by atoms with van der Waals surface area (Å²) in [6.45, 7) is 7.27. The molecule has 1 aromatic carbocycles. The second-order valence-electron chi connectivity index (χ2n) is 6.35. The summed E-state index contributed by atoms with van der Waals surface area (Å²) in [5.41, 5.74) is 1.42. The Balaban J connectivity index is 1.42. The molecule has 21 heavy (non-hydrogen) atoms. The summed E-state index contributed by atoms with van der Waals surface area (Å²) in [5.74, 6) is 0.896. The molecule has 1 aromatic rings. The van der Waals surface area contributed by atoms with Crippen molar-refractivity contribution in [2.45, 2.75) is 25.8 Å². The van der Waals surface area contributed by atoms with Crippen molar-refractivity contribution < 1.29 is 0 Å². The maximum Gasteiger partial charge on any atom is 0.0234 e. The second kappa shape index (κ2) is 7.57. The van der Waals surface area contributed by atoms with Crippen LogP contribution in [-0.4, -0.2) is 42.5 Å². The molecule has 1 aliphatic heterocycles. The monoisotopic (exact) mass is 348 g/mol. The third kappa shape index (κ3) is 4.67. The number of halogens is 1. The molecule has 1 atom stereocenters. The topological polar surface area (TPSA) is 6.48 Å². The lowest BCUT2D eigenvalue weighted by Gasteiger charge is -2.36. The lowest BCUT2D eigenvalue weighted by Crippen LogP contribution is -2.47. The largest absolute Gasteiger partial charge is 0.301 e. The Labute approximate surface area is 136 Å². The Hall–Kier alpha value is -0.640. The van der Waals surface area contributed by atoms with Crippen LogP contribution in [0.3, 0.4) is 0 Å². The molecule has 0 saturated carbocycles. The average molecular weight is 349 g/mol. The third-order valence-electron chi connectivity index (χ3n) is 4.68. The first-order chi connectivity index (χ1) is 10.3. The van der Waals surface area contributed by atoms with Crippen LogP contribution >= 0.6 is 15.9 Å². The molecule has 0 N–H and O–H groups in total. The first kappa shape index (κ1) is 15.3. The number of rotatable bonds is 4. The van der Waals surface area contributed by atoms with E-state index in [9.17, 15) is 0 Å². The smallest absolute Gasteiger partial charge is 0.0234 e. The maximum absolute atomic E-state index is 3.50. The van der Waals surface area contributed by atoms with Crippen LogP contribution in [0.2, 0.25) is 0 Å². The van der Waals surface area contributed by atoms with Crippen LogP contribution in [-0.2, 0) is 6.54 Å². The molecule has 1 saturated heterocycles. The van der Waals surface area contributed by atoms with Crippen molar-refractivity contribution in [2.24, 2.45) is 5.92 Å². The quantitative estimate of drug-likeness (QED) is 0.760. The molecular formula is C18H25BrN2. The van der Waals surface area contributed by atoms with E-state index in [0.29, 0.717) is 0 Å². The molecule has 0 bridgehead atoms. The highest BCUT2D eigenvalue weighted by molar-refractivity contribution is 9.10. The number of nitrogens with zero attached hydrogens (tertiary/aromatic N) is 2. The molecule has 0 radical (unpaired) electrons. The van der Waals surface area contributed by atoms with Crippen molar-refractivity contribution in [2.75, 3.05) is 32.7 Å². The zero-order valence-electron chi connectivity index (χ0n) is 12.7. The van der Waals surface area contributed by atoms with Gasteiger partial charge in [-0.2, -0.15) is 0 Å². The van der Waals surface area contributed by atoms with E-state index >= 15 is 0 Å². The summed E-state index contributed by atoms with van der Waals surface area (Å²) in [4.78, 5) is 5.25. The van der Waals surface area contributed by atoms with Gasteiger partial charge in [-0.25, -0.2) is 0 Å². The third-order valence-corrected chi connectivity index (χ3v) is 5.21. The van der Waals surface area contributed by atoms with Crippen LogP contribution in [0, 0.1) is 5.92 Å². The van der Waals surface area contributed by atoms with E-state index in [4.69, 9.17) is 0 Å². The fourth-order valence-corrected chi connectivity index (χ4v) is 3.63. The van der Waals surface area contributed by atoms with Crippen LogP contribution in [0.25, 0.3) is 0 Å². The predicted molar refractivity (Wildman–Crippen MR) is 92.3 cm³/mol. The second-order valence-corrected chi connectivity index (χ2v) is 7.27. The van der Waals surface area contributed by atoms with Gasteiger partial charge in [0.25, 0.3) is 0 Å². The van der Waals surface area contributed by atoms with Gasteiger partial charge in [-0.1, -0.05) is 40.2 Å². The highest BCUT2D eigenvalue weighted by Gasteiger charge is 2.20. The van der Waals surface area contributed by atoms with Crippen molar-refractivity contribution in [1.29, 1.82) is 0 Å². The van der Waals surface area contributed by atoms with Gasteiger partial charge in [0.1, 0.15) is 0 Å². The van der Waals surface area contributed by atoms with Crippen LogP contribution < -0.4 is 0 Å². The number of hydrogen-bond donors (Lipinski definition) is 0. The lowest BCUT2D eigenvalue weighted by atomic mass is 9.94. The molecule has 0 spiro atoms. The molecule has 0 aromatic heterocycles. The van der Waals surface area contributed by atoms with E-state index in [1.54, 1.807) is 0 Å². The van der Waals surface area contributed by atoms with Crippen molar-refractivity contribution in [1.82, 2.24) is 9.80 Å². The summed E-state index contributed by atoms with van der Waals surface area (Å²) in [5, 5.41) is 0. The first-order valence-corrected chi connectivity index (χ1v) is 8.93. The minimum absolute atomic E-state index is 0.896. The van der Waals surface area contributed by atoms with Crippen LogP contribution in [0.1, 0.15) is 24.8 Å². The van der Waals surface area contributed by atoms with E-state index in [-0.39, 0.29) is 0 Å². The molecule has 2 nitrogen and oxygen atoms in total. The SMILES string of the molecule is Brc1ccc(CN2CCN(C[C@H]3CC=CCC3)CC2)cc1. The molecule has 2 aliphatic rings. The summed E-state index contributed by atoms with van der Waals surface area (Å²) in [6, 6.07) is 8.74. The van der Waals surface area contributed by atoms with Gasteiger partial charge in [0.05, 0.1) is 0 Å². The molecule has 3 rings (SSSR count). The number of hydrogen-bond acceptors (Lipinski definition) is 2. The average Bonchev–Trinajstić information content (AvgIpc) is 2.53. The van der Waals surface area contributed by atoms with E-state index in [0.717, 1.165) is 16.9 Å². The fourth-order valence-electron chi connectivity index (χ4n) is 3.37. The van der Waals surface area contributed by atoms with E-state index in [2.05, 4.69) is 62.1 Å². The molecule has 3 heteroatoms.